The van der Waals surface area contributed by atoms with Gasteiger partial charge in [0.15, 0.2) is 5.78 Å². The van der Waals surface area contributed by atoms with Gasteiger partial charge in [-0.05, 0) is 45.7 Å². The van der Waals surface area contributed by atoms with Gasteiger partial charge in [-0.1, -0.05) is 11.6 Å². The van der Waals surface area contributed by atoms with Crippen LogP contribution >= 0.6 is 22.9 Å². The van der Waals surface area contributed by atoms with Crippen molar-refractivity contribution >= 4 is 46.6 Å². The predicted octanol–water partition coefficient (Wildman–Crippen LogP) is 3.24. The van der Waals surface area contributed by atoms with Crippen molar-refractivity contribution in [2.45, 2.75) is 52.1 Å². The lowest BCUT2D eigenvalue weighted by molar-refractivity contribution is -0.135. The van der Waals surface area contributed by atoms with Crippen LogP contribution in [0.3, 0.4) is 0 Å². The van der Waals surface area contributed by atoms with Crippen LogP contribution in [0.15, 0.2) is 12.1 Å². The van der Waals surface area contributed by atoms with Crippen molar-refractivity contribution in [3.63, 3.8) is 0 Å². The first kappa shape index (κ1) is 25.1. The van der Waals surface area contributed by atoms with Crippen molar-refractivity contribution < 1.29 is 23.9 Å². The van der Waals surface area contributed by atoms with E-state index in [1.807, 2.05) is 0 Å². The number of nitrogens with one attached hydrogen (secondary N) is 2. The number of Topliss-reactive ketones (excluding diaryl/α,β-unsaturated/α-hetero) is 1. The Hall–Kier alpha value is -2.13. The van der Waals surface area contributed by atoms with Crippen LogP contribution in [-0.2, 0) is 14.3 Å². The van der Waals surface area contributed by atoms with Gasteiger partial charge in [0, 0.05) is 39.0 Å². The van der Waals surface area contributed by atoms with Crippen LogP contribution in [0.4, 0.5) is 4.79 Å². The molecule has 1 unspecified atom stereocenters. The number of amides is 3. The number of hydrogen-bond acceptors (Lipinski definition) is 6. The summed E-state index contributed by atoms with van der Waals surface area (Å²) in [7, 11) is 0. The Morgan fingerprint density at radius 3 is 2.52 bits per heavy atom. The van der Waals surface area contributed by atoms with Gasteiger partial charge < -0.3 is 20.3 Å². The SMILES string of the molecule is CC(C)(C)OC(=O)NCCNC(=O)C1CCCN(C(=O)CCC(=O)c2ccc(Cl)s2)C1. The summed E-state index contributed by atoms with van der Waals surface area (Å²) < 4.78 is 5.68. The quantitative estimate of drug-likeness (QED) is 0.447. The Morgan fingerprint density at radius 1 is 1.16 bits per heavy atom. The summed E-state index contributed by atoms with van der Waals surface area (Å²) in [5.74, 6) is -0.673. The number of carbonyl (C=O) groups is 4. The Morgan fingerprint density at radius 2 is 1.87 bits per heavy atom. The highest BCUT2D eigenvalue weighted by Crippen LogP contribution is 2.23. The summed E-state index contributed by atoms with van der Waals surface area (Å²) in [4.78, 5) is 50.9. The van der Waals surface area contributed by atoms with Crippen molar-refractivity contribution in [3.8, 4) is 0 Å². The van der Waals surface area contributed by atoms with Gasteiger partial charge in [0.1, 0.15) is 5.60 Å². The van der Waals surface area contributed by atoms with E-state index in [9.17, 15) is 19.2 Å². The molecule has 1 saturated heterocycles. The van der Waals surface area contributed by atoms with Crippen LogP contribution in [0.1, 0.15) is 56.1 Å². The average molecular weight is 472 g/mol. The van der Waals surface area contributed by atoms with E-state index in [4.69, 9.17) is 16.3 Å². The number of hydrogen-bond donors (Lipinski definition) is 2. The number of nitrogens with zero attached hydrogens (tertiary/aromatic N) is 1. The number of alkyl carbamates (subject to hydrolysis) is 1. The summed E-state index contributed by atoms with van der Waals surface area (Å²) in [5.41, 5.74) is -0.577. The second kappa shape index (κ2) is 11.5. The van der Waals surface area contributed by atoms with E-state index in [1.54, 1.807) is 37.8 Å². The summed E-state index contributed by atoms with van der Waals surface area (Å²) >= 11 is 7.05. The Kier molecular flexibility index (Phi) is 9.31. The minimum absolute atomic E-state index is 0.103. The molecule has 0 bridgehead atoms. The van der Waals surface area contributed by atoms with Gasteiger partial charge in [0.2, 0.25) is 11.8 Å². The number of ether oxygens (including phenoxy) is 1. The molecule has 1 fully saturated rings. The molecule has 8 nitrogen and oxygen atoms in total. The Labute approximate surface area is 191 Å². The molecule has 2 rings (SSSR count). The number of ketones is 1. The van der Waals surface area contributed by atoms with E-state index in [0.29, 0.717) is 28.7 Å². The highest BCUT2D eigenvalue weighted by Gasteiger charge is 2.28. The van der Waals surface area contributed by atoms with Crippen LogP contribution in [0.25, 0.3) is 0 Å². The van der Waals surface area contributed by atoms with Gasteiger partial charge in [-0.3, -0.25) is 14.4 Å². The first-order chi connectivity index (χ1) is 14.5. The van der Waals surface area contributed by atoms with E-state index in [-0.39, 0.29) is 49.4 Å². The van der Waals surface area contributed by atoms with Crippen LogP contribution < -0.4 is 10.6 Å². The van der Waals surface area contributed by atoms with Crippen molar-refractivity contribution in [2.24, 2.45) is 5.92 Å². The number of carbonyl (C=O) groups excluding carboxylic acids is 4. The highest BCUT2D eigenvalue weighted by atomic mass is 35.5. The van der Waals surface area contributed by atoms with Gasteiger partial charge in [0.05, 0.1) is 15.1 Å². The van der Waals surface area contributed by atoms with E-state index in [0.717, 1.165) is 6.42 Å². The summed E-state index contributed by atoms with van der Waals surface area (Å²) in [6.45, 7) is 6.78. The normalized spacial score (nSPS) is 16.5. The van der Waals surface area contributed by atoms with Crippen molar-refractivity contribution in [2.75, 3.05) is 26.2 Å². The fraction of sp³-hybridized carbons (Fsp3) is 0.619. The van der Waals surface area contributed by atoms with Gasteiger partial charge in [-0.25, -0.2) is 4.79 Å². The van der Waals surface area contributed by atoms with Gasteiger partial charge in [0.25, 0.3) is 0 Å². The average Bonchev–Trinajstić information content (AvgIpc) is 3.14. The molecule has 1 aromatic rings. The first-order valence-electron chi connectivity index (χ1n) is 10.4. The highest BCUT2D eigenvalue weighted by molar-refractivity contribution is 7.18. The Bertz CT molecular complexity index is 805. The molecule has 1 atom stereocenters. The topological polar surface area (TPSA) is 105 Å². The number of piperidine rings is 1. The van der Waals surface area contributed by atoms with Gasteiger partial charge in [-0.15, -0.1) is 11.3 Å². The zero-order valence-corrected chi connectivity index (χ0v) is 19.7. The van der Waals surface area contributed by atoms with Crippen molar-refractivity contribution in [3.05, 3.63) is 21.3 Å². The fourth-order valence-corrected chi connectivity index (χ4v) is 4.20. The molecular weight excluding hydrogens is 442 g/mol. The van der Waals surface area contributed by atoms with E-state index in [2.05, 4.69) is 10.6 Å². The summed E-state index contributed by atoms with van der Waals surface area (Å²) in [6.07, 6.45) is 1.13. The van der Waals surface area contributed by atoms with Crippen LogP contribution in [0, 0.1) is 5.92 Å². The molecule has 0 aliphatic carbocycles. The monoisotopic (exact) mass is 471 g/mol. The van der Waals surface area contributed by atoms with Crippen LogP contribution in [0.2, 0.25) is 4.34 Å². The third kappa shape index (κ3) is 8.86. The lowest BCUT2D eigenvalue weighted by atomic mass is 9.96. The summed E-state index contributed by atoms with van der Waals surface area (Å²) in [5, 5.41) is 5.38. The Balaban J connectivity index is 1.70. The standard InChI is InChI=1S/C21H30ClN3O5S/c1-21(2,3)30-20(29)24-11-10-23-19(28)14-5-4-12-25(13-14)18(27)9-6-15(26)16-7-8-17(22)31-16/h7-8,14H,4-6,9-13H2,1-3H3,(H,23,28)(H,24,29). The molecule has 1 aliphatic rings. The number of likely N-dealkylation sites (tertiary alicyclic amines) is 1. The van der Waals surface area contributed by atoms with E-state index >= 15 is 0 Å². The van der Waals surface area contributed by atoms with Gasteiger partial charge in [-0.2, -0.15) is 0 Å². The zero-order valence-electron chi connectivity index (χ0n) is 18.2. The molecule has 2 heterocycles. The van der Waals surface area contributed by atoms with E-state index < -0.39 is 11.7 Å². The maximum absolute atomic E-state index is 12.5. The third-order valence-electron chi connectivity index (χ3n) is 4.65. The molecule has 10 heteroatoms. The second-order valence-electron chi connectivity index (χ2n) is 8.43. The molecule has 1 aliphatic heterocycles. The molecule has 0 spiro atoms. The fourth-order valence-electron chi connectivity index (χ4n) is 3.19. The largest absolute Gasteiger partial charge is 0.444 e. The lowest BCUT2D eigenvalue weighted by Gasteiger charge is -2.32. The number of rotatable bonds is 8. The molecule has 0 aromatic carbocycles. The van der Waals surface area contributed by atoms with Gasteiger partial charge >= 0.3 is 6.09 Å². The zero-order chi connectivity index (χ0) is 23.0. The van der Waals surface area contributed by atoms with Crippen molar-refractivity contribution in [1.29, 1.82) is 0 Å². The molecule has 31 heavy (non-hydrogen) atoms. The molecule has 0 saturated carbocycles. The maximum Gasteiger partial charge on any atom is 0.407 e. The molecule has 172 valence electrons. The molecular formula is C21H30ClN3O5S. The smallest absolute Gasteiger partial charge is 0.407 e. The number of halogens is 1. The predicted molar refractivity (Wildman–Crippen MR) is 119 cm³/mol. The molecule has 0 radical (unpaired) electrons. The van der Waals surface area contributed by atoms with Crippen LogP contribution in [0.5, 0.6) is 0 Å². The van der Waals surface area contributed by atoms with Crippen LogP contribution in [-0.4, -0.2) is 60.4 Å². The number of thiophene rings is 1. The third-order valence-corrected chi connectivity index (χ3v) is 5.92. The van der Waals surface area contributed by atoms with Crippen molar-refractivity contribution in [1.82, 2.24) is 15.5 Å². The molecule has 1 aromatic heterocycles. The van der Waals surface area contributed by atoms with E-state index in [1.165, 1.54) is 11.3 Å². The lowest BCUT2D eigenvalue weighted by Crippen LogP contribution is -2.46. The second-order valence-corrected chi connectivity index (χ2v) is 10.1. The summed E-state index contributed by atoms with van der Waals surface area (Å²) in [6, 6.07) is 3.33. The molecule has 3 amide bonds. The minimum Gasteiger partial charge on any atom is -0.444 e. The first-order valence-corrected chi connectivity index (χ1v) is 11.6. The maximum atomic E-state index is 12.5. The molecule has 2 N–H and O–H groups in total. The minimum atomic E-state index is -0.577.